The normalized spacial score (nSPS) is 15.1. The number of nitrogens with zero attached hydrogens (tertiary/aromatic N) is 2. The highest BCUT2D eigenvalue weighted by Gasteiger charge is 2.20. The molecule has 0 saturated carbocycles. The van der Waals surface area contributed by atoms with E-state index in [4.69, 9.17) is 0 Å². The molecule has 5 heteroatoms. The Kier molecular flexibility index (Phi) is 4.52. The molecule has 25 heavy (non-hydrogen) atoms. The summed E-state index contributed by atoms with van der Waals surface area (Å²) in [5, 5.41) is 12.9. The maximum atomic E-state index is 12.6. The summed E-state index contributed by atoms with van der Waals surface area (Å²) < 4.78 is 1.49. The number of hydrogen-bond acceptors (Lipinski definition) is 4. The molecule has 0 aromatic carbocycles. The first kappa shape index (κ1) is 17.4. The Labute approximate surface area is 147 Å². The third-order valence-corrected chi connectivity index (χ3v) is 4.69. The van der Waals surface area contributed by atoms with Crippen molar-refractivity contribution in [1.82, 2.24) is 9.38 Å². The van der Waals surface area contributed by atoms with Gasteiger partial charge < -0.3 is 10.4 Å². The van der Waals surface area contributed by atoms with Crippen LogP contribution in [-0.2, 0) is 6.61 Å². The maximum absolute atomic E-state index is 12.6. The van der Waals surface area contributed by atoms with Crippen LogP contribution in [0.15, 0.2) is 46.5 Å². The first-order valence-corrected chi connectivity index (χ1v) is 8.60. The van der Waals surface area contributed by atoms with E-state index < -0.39 is 0 Å². The Hall–Kier alpha value is -2.40. The lowest BCUT2D eigenvalue weighted by Gasteiger charge is -2.26. The zero-order valence-electron chi connectivity index (χ0n) is 15.3. The van der Waals surface area contributed by atoms with Crippen molar-refractivity contribution in [3.8, 4) is 0 Å². The van der Waals surface area contributed by atoms with Crippen LogP contribution in [0.1, 0.15) is 44.7 Å². The van der Waals surface area contributed by atoms with Gasteiger partial charge in [0.25, 0.3) is 5.56 Å². The predicted molar refractivity (Wildman–Crippen MR) is 101 cm³/mol. The number of hydrogen-bond donors (Lipinski definition) is 2. The van der Waals surface area contributed by atoms with Crippen molar-refractivity contribution in [2.24, 2.45) is 5.41 Å². The van der Waals surface area contributed by atoms with E-state index >= 15 is 0 Å². The molecule has 0 unspecified atom stereocenters. The zero-order chi connectivity index (χ0) is 18.2. The summed E-state index contributed by atoms with van der Waals surface area (Å²) in [6.07, 6.45) is 7.71. The van der Waals surface area contributed by atoms with E-state index in [1.165, 1.54) is 9.97 Å². The number of aromatic nitrogens is 2. The standard InChI is InChI=1S/C20H25N3O2/c1-13-6-5-11-23-18(13)22-17(16(12-24)19(23)25)21-15-9-7-14(8-10-15)20(2,3)4/h5-7,9,11,21,24H,8,10,12H2,1-4H3. The molecule has 0 atom stereocenters. The fraction of sp³-hybridized carbons (Fsp3) is 0.400. The van der Waals surface area contributed by atoms with Gasteiger partial charge >= 0.3 is 0 Å². The van der Waals surface area contributed by atoms with Crippen LogP contribution in [0.25, 0.3) is 5.65 Å². The van der Waals surface area contributed by atoms with Crippen LogP contribution < -0.4 is 10.9 Å². The van der Waals surface area contributed by atoms with Crippen molar-refractivity contribution in [2.75, 3.05) is 5.32 Å². The largest absolute Gasteiger partial charge is 0.391 e. The van der Waals surface area contributed by atoms with Crippen LogP contribution in [0, 0.1) is 12.3 Å². The van der Waals surface area contributed by atoms with Gasteiger partial charge in [-0.15, -0.1) is 0 Å². The van der Waals surface area contributed by atoms with Gasteiger partial charge in [0.05, 0.1) is 12.2 Å². The Morgan fingerprint density at radius 3 is 2.64 bits per heavy atom. The molecule has 0 amide bonds. The summed E-state index contributed by atoms with van der Waals surface area (Å²) in [6.45, 7) is 8.21. The number of fused-ring (bicyclic) bond motifs is 1. The summed E-state index contributed by atoms with van der Waals surface area (Å²) in [4.78, 5) is 17.2. The van der Waals surface area contributed by atoms with Crippen molar-refractivity contribution in [3.05, 3.63) is 63.2 Å². The van der Waals surface area contributed by atoms with E-state index in [0.717, 1.165) is 24.1 Å². The average Bonchev–Trinajstić information content (AvgIpc) is 2.56. The minimum Gasteiger partial charge on any atom is -0.391 e. The number of aliphatic hydroxyl groups is 1. The second kappa shape index (κ2) is 6.48. The third-order valence-electron chi connectivity index (χ3n) is 4.69. The topological polar surface area (TPSA) is 66.6 Å². The molecular weight excluding hydrogens is 314 g/mol. The second-order valence-corrected chi connectivity index (χ2v) is 7.55. The minimum atomic E-state index is -0.346. The molecule has 0 saturated heterocycles. The molecule has 0 spiro atoms. The summed E-state index contributed by atoms with van der Waals surface area (Å²) in [7, 11) is 0. The van der Waals surface area contributed by atoms with Gasteiger partial charge in [-0.25, -0.2) is 4.98 Å². The highest BCUT2D eigenvalue weighted by molar-refractivity contribution is 5.57. The molecule has 132 valence electrons. The lowest BCUT2D eigenvalue weighted by Crippen LogP contribution is -2.23. The molecule has 2 aromatic rings. The predicted octanol–water partition coefficient (Wildman–Crippen LogP) is 3.56. The van der Waals surface area contributed by atoms with Gasteiger partial charge in [-0.05, 0) is 42.9 Å². The lowest BCUT2D eigenvalue weighted by molar-refractivity contribution is 0.280. The van der Waals surface area contributed by atoms with E-state index in [2.05, 4.69) is 37.1 Å². The summed E-state index contributed by atoms with van der Waals surface area (Å²) >= 11 is 0. The summed E-state index contributed by atoms with van der Waals surface area (Å²) in [6, 6.07) is 3.73. The van der Waals surface area contributed by atoms with E-state index in [0.29, 0.717) is 11.5 Å². The molecule has 2 heterocycles. The third kappa shape index (κ3) is 3.37. The average molecular weight is 339 g/mol. The quantitative estimate of drug-likeness (QED) is 0.897. The van der Waals surface area contributed by atoms with Gasteiger partial charge in [-0.3, -0.25) is 9.20 Å². The van der Waals surface area contributed by atoms with Gasteiger partial charge in [0.15, 0.2) is 0 Å². The van der Waals surface area contributed by atoms with Crippen LogP contribution in [0.2, 0.25) is 0 Å². The highest BCUT2D eigenvalue weighted by Crippen LogP contribution is 2.33. The minimum absolute atomic E-state index is 0.162. The monoisotopic (exact) mass is 339 g/mol. The number of aliphatic hydroxyl groups excluding tert-OH is 1. The van der Waals surface area contributed by atoms with Gasteiger partial charge in [0, 0.05) is 11.9 Å². The molecule has 1 aliphatic carbocycles. The molecule has 0 radical (unpaired) electrons. The van der Waals surface area contributed by atoms with E-state index in [-0.39, 0.29) is 23.1 Å². The van der Waals surface area contributed by atoms with Crippen molar-refractivity contribution in [1.29, 1.82) is 0 Å². The fourth-order valence-electron chi connectivity index (χ4n) is 3.10. The molecule has 0 aliphatic heterocycles. The Balaban J connectivity index is 2.02. The second-order valence-electron chi connectivity index (χ2n) is 7.55. The smallest absolute Gasteiger partial charge is 0.265 e. The van der Waals surface area contributed by atoms with Crippen molar-refractivity contribution in [2.45, 2.75) is 47.1 Å². The van der Waals surface area contributed by atoms with E-state index in [9.17, 15) is 9.90 Å². The zero-order valence-corrected chi connectivity index (χ0v) is 15.3. The maximum Gasteiger partial charge on any atom is 0.265 e. The van der Waals surface area contributed by atoms with E-state index in [1.54, 1.807) is 6.20 Å². The van der Waals surface area contributed by atoms with Crippen molar-refractivity contribution in [3.63, 3.8) is 0 Å². The van der Waals surface area contributed by atoms with Crippen LogP contribution in [0.3, 0.4) is 0 Å². The number of aryl methyl sites for hydroxylation is 1. The van der Waals surface area contributed by atoms with Crippen molar-refractivity contribution < 1.29 is 5.11 Å². The molecule has 3 rings (SSSR count). The molecule has 1 aliphatic rings. The van der Waals surface area contributed by atoms with Crippen LogP contribution in [-0.4, -0.2) is 14.5 Å². The number of rotatable bonds is 3. The van der Waals surface area contributed by atoms with Crippen molar-refractivity contribution >= 4 is 11.5 Å². The van der Waals surface area contributed by atoms with Crippen LogP contribution >= 0.6 is 0 Å². The molecule has 5 nitrogen and oxygen atoms in total. The Bertz CT molecular complexity index is 930. The number of nitrogens with one attached hydrogen (secondary N) is 1. The first-order chi connectivity index (χ1) is 11.8. The highest BCUT2D eigenvalue weighted by atomic mass is 16.3. The molecule has 2 aromatic heterocycles. The Morgan fingerprint density at radius 1 is 1.28 bits per heavy atom. The molecule has 0 bridgehead atoms. The number of pyridine rings is 1. The summed E-state index contributed by atoms with van der Waals surface area (Å²) in [5.41, 5.74) is 4.15. The van der Waals surface area contributed by atoms with Gasteiger partial charge in [0.2, 0.25) is 0 Å². The number of allylic oxidation sites excluding steroid dienone is 4. The Morgan fingerprint density at radius 2 is 2.04 bits per heavy atom. The number of anilines is 1. The van der Waals surface area contributed by atoms with Crippen LogP contribution in [0.4, 0.5) is 5.82 Å². The van der Waals surface area contributed by atoms with Crippen LogP contribution in [0.5, 0.6) is 0 Å². The summed E-state index contributed by atoms with van der Waals surface area (Å²) in [5.74, 6) is 0.445. The molecule has 0 fully saturated rings. The van der Waals surface area contributed by atoms with Gasteiger partial charge in [-0.1, -0.05) is 38.5 Å². The van der Waals surface area contributed by atoms with Gasteiger partial charge in [0.1, 0.15) is 11.5 Å². The van der Waals surface area contributed by atoms with Gasteiger partial charge in [-0.2, -0.15) is 0 Å². The fourth-order valence-corrected chi connectivity index (χ4v) is 3.10. The SMILES string of the molecule is Cc1cccn2c(=O)c(CO)c(NC3=CC=C(C(C)(C)C)CC3)nc12. The van der Waals surface area contributed by atoms with E-state index in [1.807, 2.05) is 25.1 Å². The molecular formula is C20H25N3O2. The first-order valence-electron chi connectivity index (χ1n) is 8.60. The lowest BCUT2D eigenvalue weighted by atomic mass is 9.81. The molecule has 2 N–H and O–H groups in total.